The van der Waals surface area contributed by atoms with Gasteiger partial charge in [0.15, 0.2) is 5.96 Å². The summed E-state index contributed by atoms with van der Waals surface area (Å²) < 4.78 is 7.50. The molecule has 1 unspecified atom stereocenters. The summed E-state index contributed by atoms with van der Waals surface area (Å²) in [5.41, 5.74) is 2.21. The van der Waals surface area contributed by atoms with Crippen molar-refractivity contribution in [2.24, 2.45) is 12.0 Å². The van der Waals surface area contributed by atoms with Gasteiger partial charge in [-0.1, -0.05) is 30.3 Å². The van der Waals surface area contributed by atoms with E-state index in [0.29, 0.717) is 32.8 Å². The highest BCUT2D eigenvalue weighted by Gasteiger charge is 2.27. The minimum atomic E-state index is -0.269. The summed E-state index contributed by atoms with van der Waals surface area (Å²) in [4.78, 5) is 21.6. The molecule has 2 aromatic rings. The van der Waals surface area contributed by atoms with E-state index in [1.54, 1.807) is 7.05 Å². The molecule has 1 saturated heterocycles. The monoisotopic (exact) mass is 525 g/mol. The van der Waals surface area contributed by atoms with Gasteiger partial charge in [0.2, 0.25) is 5.91 Å². The summed E-state index contributed by atoms with van der Waals surface area (Å²) in [6, 6.07) is 14.1. The Bertz CT molecular complexity index is 818. The molecule has 0 bridgehead atoms. The first-order chi connectivity index (χ1) is 14.1. The van der Waals surface area contributed by atoms with Gasteiger partial charge in [0.25, 0.3) is 0 Å². The van der Waals surface area contributed by atoms with E-state index in [9.17, 15) is 4.79 Å². The number of hydrogen-bond donors (Lipinski definition) is 1. The van der Waals surface area contributed by atoms with Crippen LogP contribution in [-0.2, 0) is 23.1 Å². The average molecular weight is 525 g/mol. The molecule has 2 heterocycles. The van der Waals surface area contributed by atoms with Crippen molar-refractivity contribution in [2.75, 3.05) is 46.9 Å². The molecule has 0 saturated carbocycles. The number of ether oxygens (including phenoxy) is 1. The van der Waals surface area contributed by atoms with Crippen LogP contribution in [0.15, 0.2) is 53.7 Å². The number of hydrogen-bond acceptors (Lipinski definition) is 3. The Morgan fingerprint density at radius 3 is 2.50 bits per heavy atom. The molecule has 0 radical (unpaired) electrons. The maximum absolute atomic E-state index is 13.2. The molecule has 3 rings (SSSR count). The third kappa shape index (κ3) is 6.21. The summed E-state index contributed by atoms with van der Waals surface area (Å²) in [6.45, 7) is 3.71. The van der Waals surface area contributed by atoms with E-state index in [-0.39, 0.29) is 35.8 Å². The zero-order chi connectivity index (χ0) is 20.6. The maximum Gasteiger partial charge on any atom is 0.232 e. The molecule has 0 spiro atoms. The standard InChI is InChI=1S/C22H31N5O2.HI/c1-23-22(26(3)17-19-10-7-11-25(19)2)24-16-20(18-8-5-4-6-9-18)21(28)27-12-14-29-15-13-27;/h4-11,20H,12-17H2,1-3H3,(H,23,24);1H. The number of carbonyl (C=O) groups excluding carboxylic acids is 1. The Morgan fingerprint density at radius 2 is 1.90 bits per heavy atom. The molecule has 1 aliphatic heterocycles. The number of aryl methyl sites for hydroxylation is 1. The van der Waals surface area contributed by atoms with Crippen molar-refractivity contribution in [3.63, 3.8) is 0 Å². The molecule has 30 heavy (non-hydrogen) atoms. The SMILES string of the molecule is CN=C(NCC(C(=O)N1CCOCC1)c1ccccc1)N(C)Cc1cccn1C.I. The van der Waals surface area contributed by atoms with Crippen molar-refractivity contribution in [3.8, 4) is 0 Å². The van der Waals surface area contributed by atoms with Gasteiger partial charge in [0.1, 0.15) is 0 Å². The molecule has 8 heteroatoms. The second-order valence-electron chi connectivity index (χ2n) is 7.30. The Balaban J connectivity index is 0.00000320. The Morgan fingerprint density at radius 1 is 1.20 bits per heavy atom. The van der Waals surface area contributed by atoms with E-state index in [0.717, 1.165) is 18.1 Å². The number of nitrogens with zero attached hydrogens (tertiary/aromatic N) is 4. The van der Waals surface area contributed by atoms with Crippen LogP contribution in [0.4, 0.5) is 0 Å². The number of rotatable bonds is 6. The first kappa shape index (κ1) is 24.2. The number of benzene rings is 1. The lowest BCUT2D eigenvalue weighted by Gasteiger charge is -2.31. The van der Waals surface area contributed by atoms with Gasteiger partial charge in [-0.05, 0) is 17.7 Å². The van der Waals surface area contributed by atoms with E-state index in [2.05, 4.69) is 25.8 Å². The van der Waals surface area contributed by atoms with Gasteiger partial charge in [-0.25, -0.2) is 0 Å². The van der Waals surface area contributed by atoms with Crippen molar-refractivity contribution in [2.45, 2.75) is 12.5 Å². The zero-order valence-electron chi connectivity index (χ0n) is 18.0. The molecule has 1 fully saturated rings. The number of nitrogens with one attached hydrogen (secondary N) is 1. The Hall–Kier alpha value is -2.07. The van der Waals surface area contributed by atoms with Crippen LogP contribution < -0.4 is 5.32 Å². The lowest BCUT2D eigenvalue weighted by Crippen LogP contribution is -2.47. The van der Waals surface area contributed by atoms with Crippen LogP contribution in [0.2, 0.25) is 0 Å². The lowest BCUT2D eigenvalue weighted by atomic mass is 9.97. The van der Waals surface area contributed by atoms with Gasteiger partial charge >= 0.3 is 0 Å². The quantitative estimate of drug-likeness (QED) is 0.357. The topological polar surface area (TPSA) is 62.1 Å². The molecular formula is C22H32IN5O2. The van der Waals surface area contributed by atoms with E-state index >= 15 is 0 Å². The van der Waals surface area contributed by atoms with Crippen LogP contribution in [0.3, 0.4) is 0 Å². The van der Waals surface area contributed by atoms with Crippen molar-refractivity contribution in [1.82, 2.24) is 19.7 Å². The van der Waals surface area contributed by atoms with Crippen LogP contribution in [0, 0.1) is 0 Å². The molecule has 1 atom stereocenters. The molecular weight excluding hydrogens is 493 g/mol. The predicted molar refractivity (Wildman–Crippen MR) is 130 cm³/mol. The van der Waals surface area contributed by atoms with Crippen molar-refractivity contribution < 1.29 is 9.53 Å². The van der Waals surface area contributed by atoms with Crippen molar-refractivity contribution in [1.29, 1.82) is 0 Å². The third-order valence-corrected chi connectivity index (χ3v) is 5.31. The highest BCUT2D eigenvalue weighted by Crippen LogP contribution is 2.19. The van der Waals surface area contributed by atoms with E-state index < -0.39 is 0 Å². The summed E-state index contributed by atoms with van der Waals surface area (Å²) in [6.07, 6.45) is 2.03. The number of carbonyl (C=O) groups is 1. The van der Waals surface area contributed by atoms with Gasteiger partial charge in [-0.2, -0.15) is 0 Å². The molecule has 1 aromatic carbocycles. The molecule has 1 aliphatic rings. The second-order valence-corrected chi connectivity index (χ2v) is 7.30. The van der Waals surface area contributed by atoms with Gasteiger partial charge < -0.3 is 24.4 Å². The minimum Gasteiger partial charge on any atom is -0.378 e. The number of aromatic nitrogens is 1. The highest BCUT2D eigenvalue weighted by atomic mass is 127. The van der Waals surface area contributed by atoms with Crippen LogP contribution in [0.5, 0.6) is 0 Å². The van der Waals surface area contributed by atoms with E-state index in [1.807, 2.05) is 61.6 Å². The molecule has 1 aromatic heterocycles. The first-order valence-electron chi connectivity index (χ1n) is 10.0. The third-order valence-electron chi connectivity index (χ3n) is 5.31. The fourth-order valence-electron chi connectivity index (χ4n) is 3.59. The maximum atomic E-state index is 13.2. The largest absolute Gasteiger partial charge is 0.378 e. The highest BCUT2D eigenvalue weighted by molar-refractivity contribution is 14.0. The van der Waals surface area contributed by atoms with Crippen LogP contribution in [0.25, 0.3) is 0 Å². The van der Waals surface area contributed by atoms with Gasteiger partial charge in [0.05, 0.1) is 25.7 Å². The summed E-state index contributed by atoms with van der Waals surface area (Å²) in [5.74, 6) is 0.629. The van der Waals surface area contributed by atoms with Gasteiger partial charge in [0, 0.05) is 52.7 Å². The molecule has 1 amide bonds. The van der Waals surface area contributed by atoms with E-state index in [1.165, 1.54) is 5.69 Å². The van der Waals surface area contributed by atoms with Crippen molar-refractivity contribution >= 4 is 35.8 Å². The van der Waals surface area contributed by atoms with Crippen LogP contribution in [-0.4, -0.2) is 73.2 Å². The fraction of sp³-hybridized carbons (Fsp3) is 0.455. The van der Waals surface area contributed by atoms with E-state index in [4.69, 9.17) is 4.74 Å². The van der Waals surface area contributed by atoms with Gasteiger partial charge in [-0.15, -0.1) is 24.0 Å². The minimum absolute atomic E-state index is 0. The molecule has 1 N–H and O–H groups in total. The molecule has 164 valence electrons. The number of morpholine rings is 1. The number of guanidine groups is 1. The fourth-order valence-corrected chi connectivity index (χ4v) is 3.59. The Labute approximate surface area is 196 Å². The Kier molecular flexibility index (Phi) is 9.64. The summed E-state index contributed by atoms with van der Waals surface area (Å²) >= 11 is 0. The number of halogens is 1. The summed E-state index contributed by atoms with van der Waals surface area (Å²) in [7, 11) is 5.81. The van der Waals surface area contributed by atoms with Gasteiger partial charge in [-0.3, -0.25) is 9.79 Å². The summed E-state index contributed by atoms with van der Waals surface area (Å²) in [5, 5.41) is 3.41. The van der Waals surface area contributed by atoms with Crippen LogP contribution in [0.1, 0.15) is 17.2 Å². The number of aliphatic imine (C=N–C) groups is 1. The number of amides is 1. The lowest BCUT2D eigenvalue weighted by molar-refractivity contribution is -0.136. The predicted octanol–water partition coefficient (Wildman–Crippen LogP) is 2.29. The molecule has 0 aliphatic carbocycles. The second kappa shape index (κ2) is 11.9. The normalized spacial score (nSPS) is 15.3. The molecule has 7 nitrogen and oxygen atoms in total. The van der Waals surface area contributed by atoms with Crippen LogP contribution >= 0.6 is 24.0 Å². The smallest absolute Gasteiger partial charge is 0.232 e. The first-order valence-corrected chi connectivity index (χ1v) is 10.0. The van der Waals surface area contributed by atoms with Crippen molar-refractivity contribution in [3.05, 3.63) is 59.9 Å². The average Bonchev–Trinajstić information content (AvgIpc) is 3.16. The zero-order valence-corrected chi connectivity index (χ0v) is 20.3.